The Hall–Kier alpha value is -4.53. The number of hydrogen-bond acceptors (Lipinski definition) is 6. The van der Waals surface area contributed by atoms with Crippen LogP contribution in [0.25, 0.3) is 0 Å². The van der Waals surface area contributed by atoms with Crippen LogP contribution < -0.4 is 21.2 Å². The number of benzene rings is 7. The lowest BCUT2D eigenvalue weighted by atomic mass is 10.0. The lowest BCUT2D eigenvalue weighted by Gasteiger charge is -2.16. The second-order valence-corrected chi connectivity index (χ2v) is 23.6. The van der Waals surface area contributed by atoms with Gasteiger partial charge >= 0.3 is 20.9 Å². The molecule has 0 N–H and O–H groups in total. The van der Waals surface area contributed by atoms with Crippen LogP contribution in [0.1, 0.15) is 95.8 Å². The molecule has 6 nitrogen and oxygen atoms in total. The lowest BCUT2D eigenvalue weighted by Crippen LogP contribution is -2.10. The minimum Gasteiger partial charge on any atom is -0.305 e. The fourth-order valence-corrected chi connectivity index (χ4v) is 11.5. The zero-order valence-corrected chi connectivity index (χ0v) is 48.6. The van der Waals surface area contributed by atoms with Crippen molar-refractivity contribution in [1.82, 2.24) is 0 Å². The van der Waals surface area contributed by atoms with Crippen molar-refractivity contribution in [2.45, 2.75) is 90.0 Å². The number of rotatable bonds is 11. The van der Waals surface area contributed by atoms with Crippen LogP contribution in [0.4, 0.5) is 0 Å². The first-order valence-electron chi connectivity index (χ1n) is 23.2. The van der Waals surface area contributed by atoms with E-state index in [0.29, 0.717) is 29.4 Å². The maximum Gasteiger partial charge on any atom is 0.458 e. The molecule has 0 amide bonds. The van der Waals surface area contributed by atoms with Crippen molar-refractivity contribution < 1.29 is 27.8 Å². The molecule has 0 fully saturated rings. The van der Waals surface area contributed by atoms with Gasteiger partial charge in [-0.3, -0.25) is 9.36 Å². The molecule has 0 spiro atoms. The Kier molecular flexibility index (Phi) is 25.4. The van der Waals surface area contributed by atoms with E-state index in [0.717, 1.165) is 54.3 Å². The molecule has 7 aromatic carbocycles. The molecule has 0 heterocycles. The summed E-state index contributed by atoms with van der Waals surface area (Å²) < 4.78 is 36.3. The Morgan fingerprint density at radius 2 is 0.857 bits per heavy atom. The summed E-state index contributed by atoms with van der Waals surface area (Å²) in [6.45, 7) is 26.4. The summed E-state index contributed by atoms with van der Waals surface area (Å²) in [7, 11) is -2.29. The number of hydrogen-bond donors (Lipinski definition) is 0. The third-order valence-electron chi connectivity index (χ3n) is 10.6. The number of carbonyl (C=O) groups is 2. The molecule has 70 heavy (non-hydrogen) atoms. The fourth-order valence-electron chi connectivity index (χ4n) is 7.14. The Labute approximate surface area is 432 Å². The highest BCUT2D eigenvalue weighted by molar-refractivity contribution is 9.10. The van der Waals surface area contributed by atoms with Gasteiger partial charge in [0.05, 0.1) is 24.1 Å². The molecule has 7 aromatic rings. The molecule has 0 saturated carbocycles. The van der Waals surface area contributed by atoms with Crippen LogP contribution in [0.2, 0.25) is 0 Å². The van der Waals surface area contributed by atoms with Crippen LogP contribution >= 0.6 is 49.1 Å². The standard InChI is InChI=1S/C17H18O2P.C17H19OP.C11H17O3P.C7H7Br.C7H9P/c1-11-5-7-15(8-6-11)20(19)17(18)16-13(3)9-12(2)10-14(16)4;1-11-5-7-15(8-6-11)19-17(18)16-13(3)9-12(2)10-14(16)4;1-4-13-15(12,14-5-2)11-8-6-10(3)7-9-11;2*1-6-2-4-7(8)5-3-6/h5-10H,1-4H3;5-10,19H,1-4H3;6-9H,4-5H2,1-3H3;2-5H,1H3;2-5H,8H2,1H3/q+1;;;;. The van der Waals surface area contributed by atoms with E-state index in [4.69, 9.17) is 9.05 Å². The van der Waals surface area contributed by atoms with E-state index in [9.17, 15) is 18.7 Å². The summed E-state index contributed by atoms with van der Waals surface area (Å²) in [5.74, 6) is 0. The molecular weight excluding hydrogens is 1010 g/mol. The van der Waals surface area contributed by atoms with E-state index in [2.05, 4.69) is 114 Å². The lowest BCUT2D eigenvalue weighted by molar-refractivity contribution is 0.107. The first kappa shape index (κ1) is 59.8. The Morgan fingerprint density at radius 3 is 1.23 bits per heavy atom. The van der Waals surface area contributed by atoms with Gasteiger partial charge < -0.3 is 9.05 Å². The van der Waals surface area contributed by atoms with Gasteiger partial charge in [0, 0.05) is 10.0 Å². The summed E-state index contributed by atoms with van der Waals surface area (Å²) in [5.41, 5.74) is 13.8. The van der Waals surface area contributed by atoms with Crippen LogP contribution in [-0.4, -0.2) is 24.3 Å². The first-order chi connectivity index (χ1) is 33.1. The number of halogens is 1. The predicted molar refractivity (Wildman–Crippen MR) is 309 cm³/mol. The molecule has 11 heteroatoms. The van der Waals surface area contributed by atoms with E-state index >= 15 is 0 Å². The van der Waals surface area contributed by atoms with Crippen LogP contribution in [0.5, 0.6) is 0 Å². The maximum absolute atomic E-state index is 12.5. The van der Waals surface area contributed by atoms with E-state index in [1.807, 2.05) is 109 Å². The summed E-state index contributed by atoms with van der Waals surface area (Å²) in [6, 6.07) is 47.6. The average Bonchev–Trinajstić information content (AvgIpc) is 3.30. The topological polar surface area (TPSA) is 86.7 Å². The van der Waals surface area contributed by atoms with Gasteiger partial charge in [0.2, 0.25) is 0 Å². The molecule has 3 unspecified atom stereocenters. The van der Waals surface area contributed by atoms with E-state index < -0.39 is 15.4 Å². The summed E-state index contributed by atoms with van der Waals surface area (Å²) in [4.78, 5) is 25.0. The Balaban J connectivity index is 0.000000242. The quantitative estimate of drug-likeness (QED) is 0.120. The molecule has 0 bridgehead atoms. The number of carbonyl (C=O) groups excluding carboxylic acids is 2. The molecule has 368 valence electrons. The van der Waals surface area contributed by atoms with E-state index in [1.165, 1.54) is 27.6 Å². The first-order valence-corrected chi connectivity index (χ1v) is 28.4. The highest BCUT2D eigenvalue weighted by Crippen LogP contribution is 2.46. The maximum atomic E-state index is 12.5. The van der Waals surface area contributed by atoms with Crippen molar-refractivity contribution in [3.63, 3.8) is 0 Å². The SMILES string of the molecule is CCOP(=O)(OCC)c1ccc(C)cc1.Cc1ccc(Br)cc1.Cc1ccc(P)cc1.Cc1ccc(PC(=O)c2c(C)cc(C)cc2C)cc1.Cc1ccc([P+](=O)C(=O)c2c(C)cc(C)cc2C)cc1. The number of aryl methyl sites for hydroxylation is 11. The second-order valence-electron chi connectivity index (χ2n) is 17.2. The highest BCUT2D eigenvalue weighted by Gasteiger charge is 2.34. The van der Waals surface area contributed by atoms with Crippen molar-refractivity contribution in [1.29, 1.82) is 0 Å². The molecule has 0 aliphatic carbocycles. The zero-order valence-electron chi connectivity index (χ0n) is 43.1. The second kappa shape index (κ2) is 29.7. The normalized spacial score (nSPS) is 10.9. The van der Waals surface area contributed by atoms with Gasteiger partial charge in [-0.2, -0.15) is 0 Å². The van der Waals surface area contributed by atoms with Crippen molar-refractivity contribution in [3.05, 3.63) is 222 Å². The smallest absolute Gasteiger partial charge is 0.305 e. The Bertz CT molecular complexity index is 2700. The molecule has 0 aliphatic heterocycles. The molecule has 0 radical (unpaired) electrons. The molecule has 0 aromatic heterocycles. The van der Waals surface area contributed by atoms with Crippen molar-refractivity contribution in [2.24, 2.45) is 0 Å². The van der Waals surface area contributed by atoms with E-state index in [-0.39, 0.29) is 19.6 Å². The van der Waals surface area contributed by atoms with Crippen molar-refractivity contribution in [3.8, 4) is 0 Å². The fraction of sp³-hybridized carbons (Fsp3) is 0.254. The van der Waals surface area contributed by atoms with Crippen LogP contribution in [0, 0.1) is 76.2 Å². The highest BCUT2D eigenvalue weighted by atomic mass is 79.9. The third kappa shape index (κ3) is 19.9. The minimum absolute atomic E-state index is 0.203. The van der Waals surface area contributed by atoms with Crippen molar-refractivity contribution >= 4 is 81.4 Å². The minimum atomic E-state index is -3.09. The zero-order chi connectivity index (χ0) is 52.1. The summed E-state index contributed by atoms with van der Waals surface area (Å²) >= 11 is 3.35. The monoisotopic (exact) mass is 1080 g/mol. The van der Waals surface area contributed by atoms with Crippen LogP contribution in [-0.2, 0) is 18.2 Å². The molecule has 7 rings (SSSR count). The average molecular weight is 1080 g/mol. The van der Waals surface area contributed by atoms with Gasteiger partial charge in [0.25, 0.3) is 0 Å². The van der Waals surface area contributed by atoms with Gasteiger partial charge in [0.15, 0.2) is 10.8 Å². The van der Waals surface area contributed by atoms with Crippen LogP contribution in [0.15, 0.2) is 150 Å². The molecule has 0 aliphatic rings. The summed E-state index contributed by atoms with van der Waals surface area (Å²) in [6.07, 6.45) is 0. The molecular formula is C59H70BrO6P4+. The van der Waals surface area contributed by atoms with Gasteiger partial charge in [-0.05, 0) is 168 Å². The van der Waals surface area contributed by atoms with E-state index in [1.54, 1.807) is 38.1 Å². The Morgan fingerprint density at radius 1 is 0.514 bits per heavy atom. The molecule has 3 atom stereocenters. The summed E-state index contributed by atoms with van der Waals surface area (Å²) in [5, 5.41) is 3.57. The molecule has 0 saturated heterocycles. The van der Waals surface area contributed by atoms with Gasteiger partial charge in [0.1, 0.15) is 0 Å². The van der Waals surface area contributed by atoms with Crippen molar-refractivity contribution in [2.75, 3.05) is 13.2 Å². The van der Waals surface area contributed by atoms with Gasteiger partial charge in [-0.1, -0.05) is 169 Å². The largest absolute Gasteiger partial charge is 0.458 e. The predicted octanol–water partition coefficient (Wildman–Crippen LogP) is 15.4. The third-order valence-corrected chi connectivity index (χ3v) is 16.1. The van der Waals surface area contributed by atoms with Crippen LogP contribution in [0.3, 0.4) is 0 Å². The van der Waals surface area contributed by atoms with Gasteiger partial charge in [-0.25, -0.2) is 4.79 Å². The van der Waals surface area contributed by atoms with Gasteiger partial charge in [-0.15, -0.1) is 9.24 Å².